The van der Waals surface area contributed by atoms with Crippen LogP contribution in [0.25, 0.3) is 11.1 Å². The van der Waals surface area contributed by atoms with Crippen LogP contribution in [0.5, 0.6) is 5.75 Å². The Morgan fingerprint density at radius 1 is 1.15 bits per heavy atom. The molecule has 0 aromatic heterocycles. The number of ether oxygens (including phenoxy) is 2. The molecule has 0 bridgehead atoms. The number of amides is 1. The number of carboxylic acids is 1. The standard InChI is InChI=1S/C27H31NO5/c1-17-14-20(26(30)31)15-21(24(17)32-2)18-5-7-19(8-6-18)22-16-27(22)9-11-28(12-10-27)25(29)23-4-3-13-33-23/h5-8,14-15,22-23H,3-4,9-13,16H2,1-2H3,(H,30,31)/t22-,23+/m0/s1. The highest BCUT2D eigenvalue weighted by Gasteiger charge is 2.55. The van der Waals surface area contributed by atoms with Gasteiger partial charge in [-0.25, -0.2) is 4.79 Å². The van der Waals surface area contributed by atoms with Crippen molar-refractivity contribution in [2.45, 2.75) is 51.0 Å². The van der Waals surface area contributed by atoms with Crippen molar-refractivity contribution in [3.05, 3.63) is 53.1 Å². The van der Waals surface area contributed by atoms with E-state index in [-0.39, 0.29) is 17.6 Å². The predicted octanol–water partition coefficient (Wildman–Crippen LogP) is 4.64. The average molecular weight is 450 g/mol. The molecule has 2 heterocycles. The van der Waals surface area contributed by atoms with Crippen LogP contribution in [0, 0.1) is 12.3 Å². The number of likely N-dealkylation sites (tertiary alicyclic amines) is 1. The van der Waals surface area contributed by atoms with Gasteiger partial charge < -0.3 is 19.5 Å². The molecule has 6 heteroatoms. The van der Waals surface area contributed by atoms with Crippen molar-refractivity contribution in [1.82, 2.24) is 4.90 Å². The van der Waals surface area contributed by atoms with Crippen molar-refractivity contribution >= 4 is 11.9 Å². The summed E-state index contributed by atoms with van der Waals surface area (Å²) in [6, 6.07) is 11.8. The quantitative estimate of drug-likeness (QED) is 0.719. The van der Waals surface area contributed by atoms with E-state index in [4.69, 9.17) is 9.47 Å². The summed E-state index contributed by atoms with van der Waals surface area (Å²) < 4.78 is 11.2. The minimum atomic E-state index is -0.942. The van der Waals surface area contributed by atoms with E-state index in [0.29, 0.717) is 23.7 Å². The normalized spacial score (nSPS) is 23.5. The molecule has 6 nitrogen and oxygen atoms in total. The van der Waals surface area contributed by atoms with E-state index in [0.717, 1.165) is 55.5 Å². The second-order valence-corrected chi connectivity index (χ2v) is 9.75. The SMILES string of the molecule is COc1c(C)cc(C(=O)O)cc1-c1ccc([C@@H]2CC23CCN(C(=O)[C@H]2CCCO2)CC3)cc1. The summed E-state index contributed by atoms with van der Waals surface area (Å²) >= 11 is 0. The maximum Gasteiger partial charge on any atom is 0.335 e. The third-order valence-electron chi connectivity index (χ3n) is 7.82. The van der Waals surface area contributed by atoms with Crippen molar-refractivity contribution in [1.29, 1.82) is 0 Å². The zero-order valence-corrected chi connectivity index (χ0v) is 19.3. The number of piperidine rings is 1. The van der Waals surface area contributed by atoms with Gasteiger partial charge in [0.05, 0.1) is 12.7 Å². The van der Waals surface area contributed by atoms with Gasteiger partial charge in [0.15, 0.2) is 0 Å². The highest BCUT2D eigenvalue weighted by atomic mass is 16.5. The molecule has 5 rings (SSSR count). The van der Waals surface area contributed by atoms with Gasteiger partial charge >= 0.3 is 5.97 Å². The van der Waals surface area contributed by atoms with Crippen LogP contribution in [0.1, 0.15) is 59.5 Å². The van der Waals surface area contributed by atoms with E-state index in [9.17, 15) is 14.7 Å². The Hall–Kier alpha value is -2.86. The topological polar surface area (TPSA) is 76.1 Å². The Kier molecular flexibility index (Phi) is 5.65. The summed E-state index contributed by atoms with van der Waals surface area (Å²) in [6.07, 6.45) is 4.89. The first-order chi connectivity index (χ1) is 15.9. The molecule has 1 saturated carbocycles. The van der Waals surface area contributed by atoms with Crippen LogP contribution >= 0.6 is 0 Å². The fourth-order valence-electron chi connectivity index (χ4n) is 5.80. The van der Waals surface area contributed by atoms with E-state index in [1.54, 1.807) is 19.2 Å². The first-order valence-electron chi connectivity index (χ1n) is 11.8. The molecule has 2 aromatic rings. The minimum Gasteiger partial charge on any atom is -0.496 e. The number of carboxylic acid groups (broad SMARTS) is 1. The van der Waals surface area contributed by atoms with Crippen LogP contribution in [0.2, 0.25) is 0 Å². The molecule has 3 fully saturated rings. The van der Waals surface area contributed by atoms with Gasteiger partial charge in [0.1, 0.15) is 11.9 Å². The average Bonchev–Trinajstić information content (AvgIpc) is 3.24. The molecule has 2 aromatic carbocycles. The highest BCUT2D eigenvalue weighted by Crippen LogP contribution is 2.65. The van der Waals surface area contributed by atoms with Gasteiger partial charge in [-0.15, -0.1) is 0 Å². The Morgan fingerprint density at radius 3 is 2.48 bits per heavy atom. The number of benzene rings is 2. The summed E-state index contributed by atoms with van der Waals surface area (Å²) in [4.78, 5) is 26.2. The molecule has 1 N–H and O–H groups in total. The first kappa shape index (κ1) is 22.0. The van der Waals surface area contributed by atoms with E-state index in [1.807, 2.05) is 11.8 Å². The number of nitrogens with zero attached hydrogens (tertiary/aromatic N) is 1. The molecule has 2 aliphatic heterocycles. The van der Waals surface area contributed by atoms with Gasteiger partial charge in [0, 0.05) is 25.3 Å². The first-order valence-corrected chi connectivity index (χ1v) is 11.8. The van der Waals surface area contributed by atoms with Crippen molar-refractivity contribution in [2.24, 2.45) is 5.41 Å². The number of rotatable bonds is 5. The van der Waals surface area contributed by atoms with E-state index < -0.39 is 5.97 Å². The fraction of sp³-hybridized carbons (Fsp3) is 0.481. The van der Waals surface area contributed by atoms with Crippen LogP contribution in [0.15, 0.2) is 36.4 Å². The summed E-state index contributed by atoms with van der Waals surface area (Å²) in [6.45, 7) is 4.23. The molecule has 174 valence electrons. The molecule has 3 aliphatic rings. The van der Waals surface area contributed by atoms with E-state index in [2.05, 4.69) is 24.3 Å². The lowest BCUT2D eigenvalue weighted by atomic mass is 9.88. The number of hydrogen-bond donors (Lipinski definition) is 1. The van der Waals surface area contributed by atoms with Gasteiger partial charge in [-0.1, -0.05) is 24.3 Å². The van der Waals surface area contributed by atoms with Gasteiger partial charge in [0.25, 0.3) is 5.91 Å². The monoisotopic (exact) mass is 449 g/mol. The van der Waals surface area contributed by atoms with Crippen LogP contribution in [-0.2, 0) is 9.53 Å². The van der Waals surface area contributed by atoms with Crippen LogP contribution in [-0.4, -0.2) is 54.8 Å². The Morgan fingerprint density at radius 2 is 1.88 bits per heavy atom. The number of carbonyl (C=O) groups excluding carboxylic acids is 1. The Labute approximate surface area is 194 Å². The smallest absolute Gasteiger partial charge is 0.335 e. The van der Waals surface area contributed by atoms with Crippen molar-refractivity contribution in [2.75, 3.05) is 26.8 Å². The molecule has 2 atom stereocenters. The molecule has 1 amide bonds. The largest absolute Gasteiger partial charge is 0.496 e. The maximum atomic E-state index is 12.7. The van der Waals surface area contributed by atoms with Crippen LogP contribution < -0.4 is 4.74 Å². The third-order valence-corrected chi connectivity index (χ3v) is 7.82. The number of hydrogen-bond acceptors (Lipinski definition) is 4. The van der Waals surface area contributed by atoms with Crippen molar-refractivity contribution in [3.8, 4) is 16.9 Å². The molecule has 2 saturated heterocycles. The van der Waals surface area contributed by atoms with Gasteiger partial charge in [-0.3, -0.25) is 4.79 Å². The summed E-state index contributed by atoms with van der Waals surface area (Å²) in [5, 5.41) is 9.45. The van der Waals surface area contributed by atoms with Crippen LogP contribution in [0.3, 0.4) is 0 Å². The fourth-order valence-corrected chi connectivity index (χ4v) is 5.80. The Balaban J connectivity index is 1.28. The lowest BCUT2D eigenvalue weighted by Gasteiger charge is -2.34. The van der Waals surface area contributed by atoms with Crippen molar-refractivity contribution in [3.63, 3.8) is 0 Å². The summed E-state index contributed by atoms with van der Waals surface area (Å²) in [7, 11) is 1.62. The molecular formula is C27H31NO5. The molecule has 33 heavy (non-hydrogen) atoms. The summed E-state index contributed by atoms with van der Waals surface area (Å²) in [5.74, 6) is 0.471. The van der Waals surface area contributed by atoms with Gasteiger partial charge in [-0.2, -0.15) is 0 Å². The number of methoxy groups -OCH3 is 1. The van der Waals surface area contributed by atoms with E-state index >= 15 is 0 Å². The summed E-state index contributed by atoms with van der Waals surface area (Å²) in [5.41, 5.74) is 4.45. The number of aromatic carboxylic acids is 1. The second-order valence-electron chi connectivity index (χ2n) is 9.75. The number of carbonyl (C=O) groups is 2. The predicted molar refractivity (Wildman–Crippen MR) is 125 cm³/mol. The lowest BCUT2D eigenvalue weighted by Crippen LogP contribution is -2.44. The lowest BCUT2D eigenvalue weighted by molar-refractivity contribution is -0.142. The molecule has 0 unspecified atom stereocenters. The second kappa shape index (κ2) is 8.49. The van der Waals surface area contributed by atoms with E-state index in [1.165, 1.54) is 12.0 Å². The van der Waals surface area contributed by atoms with Gasteiger partial charge in [0.2, 0.25) is 0 Å². The van der Waals surface area contributed by atoms with Gasteiger partial charge in [-0.05, 0) is 79.2 Å². The molecular weight excluding hydrogens is 418 g/mol. The molecule has 0 radical (unpaired) electrons. The minimum absolute atomic E-state index is 0.178. The third kappa shape index (κ3) is 4.01. The van der Waals surface area contributed by atoms with Crippen molar-refractivity contribution < 1.29 is 24.2 Å². The number of aryl methyl sites for hydroxylation is 1. The maximum absolute atomic E-state index is 12.7. The zero-order valence-electron chi connectivity index (χ0n) is 19.3. The van der Waals surface area contributed by atoms with Crippen LogP contribution in [0.4, 0.5) is 0 Å². The molecule has 1 spiro atoms. The highest BCUT2D eigenvalue weighted by molar-refractivity contribution is 5.91. The molecule has 1 aliphatic carbocycles. The zero-order chi connectivity index (χ0) is 23.2. The Bertz CT molecular complexity index is 1060.